The summed E-state index contributed by atoms with van der Waals surface area (Å²) in [4.78, 5) is 23.2. The van der Waals surface area contributed by atoms with E-state index in [2.05, 4.69) is 18.8 Å². The molecule has 2 aromatic heterocycles. The Morgan fingerprint density at radius 2 is 1.84 bits per heavy atom. The van der Waals surface area contributed by atoms with Crippen LogP contribution in [0.3, 0.4) is 0 Å². The Hall–Kier alpha value is -4.20. The number of fused-ring (bicyclic) bond motifs is 3. The van der Waals surface area contributed by atoms with Crippen LogP contribution in [0.5, 0.6) is 17.4 Å². The van der Waals surface area contributed by atoms with Gasteiger partial charge in [0.1, 0.15) is 12.1 Å². The van der Waals surface area contributed by atoms with Gasteiger partial charge in [-0.2, -0.15) is 0 Å². The number of carbonyl (C=O) groups is 1. The number of ketones is 1. The summed E-state index contributed by atoms with van der Waals surface area (Å²) in [5.74, 6) is 2.54. The SMILES string of the molecule is COc1ccc(C2C3=C(CC(C)(C)CC3=O)Oc3ncn4nc(-c5ccccc5C)nc4c32)cc1OC. The number of allylic oxidation sites excluding steroid dienone is 2. The summed E-state index contributed by atoms with van der Waals surface area (Å²) in [5, 5.41) is 4.73. The second kappa shape index (κ2) is 8.44. The average molecular weight is 497 g/mol. The highest BCUT2D eigenvalue weighted by molar-refractivity contribution is 6.00. The van der Waals surface area contributed by atoms with Crippen molar-refractivity contribution in [1.82, 2.24) is 19.6 Å². The molecule has 8 nitrogen and oxygen atoms in total. The fourth-order valence-corrected chi connectivity index (χ4v) is 5.45. The summed E-state index contributed by atoms with van der Waals surface area (Å²) < 4.78 is 19.1. The molecule has 37 heavy (non-hydrogen) atoms. The average Bonchev–Trinajstić information content (AvgIpc) is 3.31. The van der Waals surface area contributed by atoms with E-state index < -0.39 is 5.92 Å². The Kier molecular flexibility index (Phi) is 5.29. The van der Waals surface area contributed by atoms with Crippen molar-refractivity contribution < 1.29 is 19.0 Å². The van der Waals surface area contributed by atoms with E-state index in [9.17, 15) is 4.79 Å². The van der Waals surface area contributed by atoms with E-state index in [0.717, 1.165) is 16.7 Å². The lowest BCUT2D eigenvalue weighted by Gasteiger charge is -2.37. The summed E-state index contributed by atoms with van der Waals surface area (Å²) in [5.41, 5.74) is 4.65. The zero-order valence-electron chi connectivity index (χ0n) is 21.5. The molecule has 0 saturated carbocycles. The van der Waals surface area contributed by atoms with Crippen molar-refractivity contribution in [1.29, 1.82) is 0 Å². The molecule has 1 aliphatic carbocycles. The molecule has 1 unspecified atom stereocenters. The molecule has 1 atom stereocenters. The molecule has 188 valence electrons. The molecule has 0 N–H and O–H groups in total. The predicted molar refractivity (Wildman–Crippen MR) is 138 cm³/mol. The third-order valence-corrected chi connectivity index (χ3v) is 7.19. The quantitative estimate of drug-likeness (QED) is 0.380. The lowest BCUT2D eigenvalue weighted by Crippen LogP contribution is -2.33. The number of nitrogens with zero attached hydrogens (tertiary/aromatic N) is 4. The highest BCUT2D eigenvalue weighted by Gasteiger charge is 2.44. The Morgan fingerprint density at radius 1 is 1.05 bits per heavy atom. The van der Waals surface area contributed by atoms with E-state index in [1.165, 1.54) is 0 Å². The number of rotatable bonds is 4. The van der Waals surface area contributed by atoms with Gasteiger partial charge in [0.15, 0.2) is 28.8 Å². The monoisotopic (exact) mass is 496 g/mol. The van der Waals surface area contributed by atoms with Crippen LogP contribution in [-0.4, -0.2) is 39.6 Å². The van der Waals surface area contributed by atoms with Gasteiger partial charge in [0.2, 0.25) is 5.88 Å². The van der Waals surface area contributed by atoms with Crippen molar-refractivity contribution >= 4 is 11.4 Å². The Morgan fingerprint density at radius 3 is 2.59 bits per heavy atom. The van der Waals surface area contributed by atoms with Crippen LogP contribution in [0.4, 0.5) is 0 Å². The molecular weight excluding hydrogens is 468 g/mol. The summed E-state index contributed by atoms with van der Waals surface area (Å²) in [6.45, 7) is 6.20. The zero-order valence-corrected chi connectivity index (χ0v) is 21.5. The van der Waals surface area contributed by atoms with Gasteiger partial charge >= 0.3 is 0 Å². The van der Waals surface area contributed by atoms with Gasteiger partial charge in [0.05, 0.1) is 25.7 Å². The Labute approximate surface area is 214 Å². The van der Waals surface area contributed by atoms with Gasteiger partial charge in [-0.3, -0.25) is 4.79 Å². The van der Waals surface area contributed by atoms with Gasteiger partial charge < -0.3 is 14.2 Å². The van der Waals surface area contributed by atoms with E-state index in [4.69, 9.17) is 24.3 Å². The fourth-order valence-electron chi connectivity index (χ4n) is 5.45. The number of benzene rings is 2. The smallest absolute Gasteiger partial charge is 0.228 e. The number of aromatic nitrogens is 4. The second-order valence-corrected chi connectivity index (χ2v) is 10.4. The topological polar surface area (TPSA) is 87.8 Å². The highest BCUT2D eigenvalue weighted by Crippen LogP contribution is 2.51. The molecule has 2 aliphatic rings. The maximum Gasteiger partial charge on any atom is 0.228 e. The minimum atomic E-state index is -0.438. The fraction of sp³-hybridized carbons (Fsp3) is 0.310. The molecule has 1 aliphatic heterocycles. The van der Waals surface area contributed by atoms with E-state index in [1.54, 1.807) is 25.1 Å². The zero-order chi connectivity index (χ0) is 25.9. The van der Waals surface area contributed by atoms with Crippen LogP contribution < -0.4 is 14.2 Å². The molecule has 8 heteroatoms. The minimum absolute atomic E-state index is 0.0670. The van der Waals surface area contributed by atoms with Gasteiger partial charge in [0, 0.05) is 24.0 Å². The largest absolute Gasteiger partial charge is 0.493 e. The molecule has 0 saturated heterocycles. The van der Waals surface area contributed by atoms with E-state index in [1.807, 2.05) is 49.4 Å². The molecule has 4 aromatic rings. The number of hydrogen-bond donors (Lipinski definition) is 0. The Balaban J connectivity index is 1.62. The standard InChI is InChI=1S/C29H28N4O4/c1-16-8-6-7-9-18(16)26-31-27-25-23(17-10-11-20(35-4)21(12-17)36-5)24-19(34)13-29(2,3)14-22(24)37-28(25)30-15-33(27)32-26/h6-12,15,23H,13-14H2,1-5H3. The van der Waals surface area contributed by atoms with Crippen molar-refractivity contribution in [3.8, 4) is 28.8 Å². The van der Waals surface area contributed by atoms with E-state index >= 15 is 0 Å². The number of hydrogen-bond acceptors (Lipinski definition) is 7. The molecule has 0 spiro atoms. The molecule has 6 rings (SSSR count). The lowest BCUT2D eigenvalue weighted by molar-refractivity contribution is -0.118. The molecule has 0 fully saturated rings. The summed E-state index contributed by atoms with van der Waals surface area (Å²) >= 11 is 0. The first-order valence-corrected chi connectivity index (χ1v) is 12.3. The molecule has 0 radical (unpaired) electrons. The second-order valence-electron chi connectivity index (χ2n) is 10.4. The molecule has 2 aromatic carbocycles. The van der Waals surface area contributed by atoms with Crippen LogP contribution in [0, 0.1) is 12.3 Å². The Bertz CT molecular complexity index is 1600. The summed E-state index contributed by atoms with van der Waals surface area (Å²) in [7, 11) is 3.21. The van der Waals surface area contributed by atoms with Crippen LogP contribution in [0.2, 0.25) is 0 Å². The number of aryl methyl sites for hydroxylation is 1. The van der Waals surface area contributed by atoms with Gasteiger partial charge in [0.25, 0.3) is 0 Å². The third-order valence-electron chi connectivity index (χ3n) is 7.19. The van der Waals surface area contributed by atoms with Crippen molar-refractivity contribution in [2.75, 3.05) is 14.2 Å². The van der Waals surface area contributed by atoms with Crippen molar-refractivity contribution in [3.63, 3.8) is 0 Å². The number of ether oxygens (including phenoxy) is 3. The predicted octanol–water partition coefficient (Wildman–Crippen LogP) is 5.28. The summed E-state index contributed by atoms with van der Waals surface area (Å²) in [6, 6.07) is 13.7. The minimum Gasteiger partial charge on any atom is -0.493 e. The maximum absolute atomic E-state index is 13.7. The van der Waals surface area contributed by atoms with Gasteiger partial charge in [-0.05, 0) is 35.6 Å². The van der Waals surface area contributed by atoms with E-state index in [-0.39, 0.29) is 11.2 Å². The maximum atomic E-state index is 13.7. The normalized spacial score (nSPS) is 18.3. The molecule has 0 bridgehead atoms. The first-order valence-electron chi connectivity index (χ1n) is 12.3. The number of carbonyl (C=O) groups excluding carboxylic acids is 1. The van der Waals surface area contributed by atoms with Gasteiger partial charge in [-0.25, -0.2) is 14.5 Å². The lowest BCUT2D eigenvalue weighted by atomic mass is 9.70. The van der Waals surface area contributed by atoms with Crippen LogP contribution in [-0.2, 0) is 4.79 Å². The molecule has 0 amide bonds. The first kappa shape index (κ1) is 23.2. The first-order chi connectivity index (χ1) is 17.8. The van der Waals surface area contributed by atoms with Crippen LogP contribution >= 0.6 is 0 Å². The number of methoxy groups -OCH3 is 2. The summed E-state index contributed by atoms with van der Waals surface area (Å²) in [6.07, 6.45) is 2.70. The van der Waals surface area contributed by atoms with E-state index in [0.29, 0.717) is 58.6 Å². The van der Waals surface area contributed by atoms with Gasteiger partial charge in [-0.15, -0.1) is 5.10 Å². The van der Waals surface area contributed by atoms with Gasteiger partial charge in [-0.1, -0.05) is 44.2 Å². The van der Waals surface area contributed by atoms with Crippen molar-refractivity contribution in [2.45, 2.75) is 39.5 Å². The van der Waals surface area contributed by atoms with Crippen LogP contribution in [0.15, 0.2) is 60.1 Å². The highest BCUT2D eigenvalue weighted by atomic mass is 16.5. The van der Waals surface area contributed by atoms with Crippen molar-refractivity contribution in [3.05, 3.63) is 76.8 Å². The molecule has 3 heterocycles. The van der Waals surface area contributed by atoms with Crippen LogP contribution in [0.25, 0.3) is 17.0 Å². The molecular formula is C29H28N4O4. The van der Waals surface area contributed by atoms with Crippen LogP contribution in [0.1, 0.15) is 49.3 Å². The third kappa shape index (κ3) is 3.75. The number of Topliss-reactive ketones (excluding diaryl/α,β-unsaturated/α-hetero) is 1. The van der Waals surface area contributed by atoms with Crippen molar-refractivity contribution in [2.24, 2.45) is 5.41 Å².